The van der Waals surface area contributed by atoms with Gasteiger partial charge in [-0.2, -0.15) is 0 Å². The van der Waals surface area contributed by atoms with E-state index in [2.05, 4.69) is 16.0 Å². The normalized spacial score (nSPS) is 23.8. The Hall–Kier alpha value is -1.83. The van der Waals surface area contributed by atoms with E-state index < -0.39 is 0 Å². The van der Waals surface area contributed by atoms with Crippen molar-refractivity contribution in [2.75, 3.05) is 5.32 Å². The number of thiophene rings is 1. The Morgan fingerprint density at radius 2 is 2.12 bits per heavy atom. The molecule has 4 rings (SSSR count). The zero-order chi connectivity index (χ0) is 18.1. The van der Waals surface area contributed by atoms with Crippen molar-refractivity contribution in [3.05, 3.63) is 40.6 Å². The van der Waals surface area contributed by atoms with Gasteiger partial charge in [-0.15, -0.1) is 11.3 Å². The summed E-state index contributed by atoms with van der Waals surface area (Å²) in [6.07, 6.45) is 3.43. The number of carbonyl (C=O) groups is 2. The summed E-state index contributed by atoms with van der Waals surface area (Å²) in [5.41, 5.74) is 0.777. The summed E-state index contributed by atoms with van der Waals surface area (Å²) in [5, 5.41) is 11.5. The highest BCUT2D eigenvalue weighted by atomic mass is 32.2. The van der Waals surface area contributed by atoms with Crippen LogP contribution in [0.1, 0.15) is 35.9 Å². The van der Waals surface area contributed by atoms with Crippen LogP contribution in [0.3, 0.4) is 0 Å². The molecule has 0 spiro atoms. The highest BCUT2D eigenvalue weighted by molar-refractivity contribution is 7.99. The van der Waals surface area contributed by atoms with E-state index >= 15 is 0 Å². The van der Waals surface area contributed by atoms with Crippen LogP contribution >= 0.6 is 23.1 Å². The van der Waals surface area contributed by atoms with E-state index in [1.54, 1.807) is 11.8 Å². The zero-order valence-corrected chi connectivity index (χ0v) is 16.1. The number of nitrogens with one attached hydrogen (secondary N) is 3. The average molecular weight is 388 g/mol. The number of benzene rings is 1. The van der Waals surface area contributed by atoms with Crippen LogP contribution in [0.4, 0.5) is 5.69 Å². The molecule has 2 fully saturated rings. The topological polar surface area (TPSA) is 70.2 Å². The lowest BCUT2D eigenvalue weighted by atomic mass is 9.95. The Balaban J connectivity index is 1.38. The minimum atomic E-state index is -0.0863. The number of fused-ring (bicyclic) bond motifs is 2. The molecule has 26 heavy (non-hydrogen) atoms. The quantitative estimate of drug-likeness (QED) is 0.735. The molecular weight excluding hydrogens is 366 g/mol. The van der Waals surface area contributed by atoms with Gasteiger partial charge in [0.05, 0.1) is 4.88 Å². The Kier molecular flexibility index (Phi) is 5.02. The lowest BCUT2D eigenvalue weighted by Crippen LogP contribution is -2.42. The predicted octanol–water partition coefficient (Wildman–Crippen LogP) is 3.48. The lowest BCUT2D eigenvalue weighted by Gasteiger charge is -2.20. The largest absolute Gasteiger partial charge is 0.347 e. The van der Waals surface area contributed by atoms with Gasteiger partial charge in [0.25, 0.3) is 5.91 Å². The van der Waals surface area contributed by atoms with Crippen LogP contribution < -0.4 is 16.0 Å². The molecule has 136 valence electrons. The summed E-state index contributed by atoms with van der Waals surface area (Å²) < 4.78 is 0. The second-order valence-corrected chi connectivity index (χ2v) is 8.88. The summed E-state index contributed by atoms with van der Waals surface area (Å²) in [6, 6.07) is 10.9. The minimum absolute atomic E-state index is 0.0215. The first kappa shape index (κ1) is 17.6. The summed E-state index contributed by atoms with van der Waals surface area (Å²) in [4.78, 5) is 26.5. The first-order valence-electron chi connectivity index (χ1n) is 8.78. The lowest BCUT2D eigenvalue weighted by molar-refractivity contribution is -0.114. The van der Waals surface area contributed by atoms with Crippen molar-refractivity contribution in [1.82, 2.24) is 10.6 Å². The summed E-state index contributed by atoms with van der Waals surface area (Å²) in [5.74, 6) is -0.0649. The Morgan fingerprint density at radius 3 is 2.85 bits per heavy atom. The summed E-state index contributed by atoms with van der Waals surface area (Å²) in [7, 11) is 0. The Morgan fingerprint density at radius 1 is 1.23 bits per heavy atom. The highest BCUT2D eigenvalue weighted by Gasteiger charge is 2.39. The molecule has 7 heteroatoms. The number of amides is 2. The van der Waals surface area contributed by atoms with Crippen molar-refractivity contribution >= 4 is 40.6 Å². The van der Waals surface area contributed by atoms with E-state index in [4.69, 9.17) is 0 Å². The number of hydrogen-bond donors (Lipinski definition) is 3. The SMILES string of the molecule is CC(=O)Nc1cccc(Sc2csc(C(=O)N[C@@H]3C[C@H]4CC[C@@H]3N4)c2)c1. The molecule has 2 amide bonds. The van der Waals surface area contributed by atoms with E-state index in [-0.39, 0.29) is 17.9 Å². The first-order valence-corrected chi connectivity index (χ1v) is 10.5. The number of anilines is 1. The molecule has 2 aromatic rings. The molecule has 2 saturated heterocycles. The van der Waals surface area contributed by atoms with Gasteiger partial charge in [-0.25, -0.2) is 0 Å². The van der Waals surface area contributed by atoms with Crippen molar-refractivity contribution in [1.29, 1.82) is 0 Å². The number of hydrogen-bond acceptors (Lipinski definition) is 5. The van der Waals surface area contributed by atoms with Crippen LogP contribution in [0.2, 0.25) is 0 Å². The first-order chi connectivity index (χ1) is 12.6. The standard InChI is InChI=1S/C19H21N3O2S2/c1-11(23)20-12-3-2-4-14(7-12)26-15-9-18(25-10-15)19(24)22-17-8-13-5-6-16(17)21-13/h2-4,7,9-10,13,16-17,21H,5-6,8H2,1H3,(H,20,23)(H,22,24)/t13-,16+,17-/m1/s1. The van der Waals surface area contributed by atoms with Crippen molar-refractivity contribution in [3.63, 3.8) is 0 Å². The molecule has 3 atom stereocenters. The number of rotatable bonds is 5. The van der Waals surface area contributed by atoms with Gasteiger partial charge in [0, 0.05) is 45.9 Å². The predicted molar refractivity (Wildman–Crippen MR) is 105 cm³/mol. The maximum Gasteiger partial charge on any atom is 0.261 e. The van der Waals surface area contributed by atoms with Crippen LogP contribution in [0, 0.1) is 0 Å². The minimum Gasteiger partial charge on any atom is -0.347 e. The zero-order valence-electron chi connectivity index (χ0n) is 14.5. The molecule has 0 aliphatic carbocycles. The number of carbonyl (C=O) groups excluding carboxylic acids is 2. The fourth-order valence-corrected chi connectivity index (χ4v) is 5.56. The molecule has 0 saturated carbocycles. The van der Waals surface area contributed by atoms with Crippen LogP contribution in [0.15, 0.2) is 45.5 Å². The van der Waals surface area contributed by atoms with Gasteiger partial charge in [0.1, 0.15) is 0 Å². The molecule has 2 aliphatic heterocycles. The van der Waals surface area contributed by atoms with Gasteiger partial charge in [-0.3, -0.25) is 9.59 Å². The van der Waals surface area contributed by atoms with Crippen LogP contribution in [0.5, 0.6) is 0 Å². The maximum absolute atomic E-state index is 12.5. The van der Waals surface area contributed by atoms with Gasteiger partial charge in [0.15, 0.2) is 0 Å². The Labute approximate surface area is 160 Å². The average Bonchev–Trinajstić information content (AvgIpc) is 3.31. The van der Waals surface area contributed by atoms with Gasteiger partial charge in [-0.1, -0.05) is 17.8 Å². The van der Waals surface area contributed by atoms with Crippen LogP contribution in [-0.2, 0) is 4.79 Å². The van der Waals surface area contributed by atoms with Gasteiger partial charge >= 0.3 is 0 Å². The highest BCUT2D eigenvalue weighted by Crippen LogP contribution is 2.33. The molecule has 2 aliphatic rings. The fourth-order valence-electron chi connectivity index (χ4n) is 3.69. The molecule has 3 heterocycles. The maximum atomic E-state index is 12.5. The fraction of sp³-hybridized carbons (Fsp3) is 0.368. The molecule has 2 bridgehead atoms. The third kappa shape index (κ3) is 3.95. The van der Waals surface area contributed by atoms with Crippen molar-refractivity contribution in [3.8, 4) is 0 Å². The third-order valence-electron chi connectivity index (χ3n) is 4.81. The smallest absolute Gasteiger partial charge is 0.261 e. The molecule has 0 unspecified atom stereocenters. The molecule has 1 aromatic heterocycles. The van der Waals surface area contributed by atoms with Crippen molar-refractivity contribution < 1.29 is 9.59 Å². The van der Waals surface area contributed by atoms with Crippen molar-refractivity contribution in [2.45, 2.75) is 54.1 Å². The monoisotopic (exact) mass is 387 g/mol. The van der Waals surface area contributed by atoms with Crippen LogP contribution in [-0.4, -0.2) is 29.9 Å². The molecule has 3 N–H and O–H groups in total. The van der Waals surface area contributed by atoms with E-state index in [1.165, 1.54) is 24.7 Å². The van der Waals surface area contributed by atoms with E-state index in [9.17, 15) is 9.59 Å². The van der Waals surface area contributed by atoms with Gasteiger partial charge < -0.3 is 16.0 Å². The summed E-state index contributed by atoms with van der Waals surface area (Å²) in [6.45, 7) is 1.50. The van der Waals surface area contributed by atoms with Crippen molar-refractivity contribution in [2.24, 2.45) is 0 Å². The van der Waals surface area contributed by atoms with E-state index in [0.29, 0.717) is 12.1 Å². The second-order valence-electron chi connectivity index (χ2n) is 6.82. The molecule has 1 aromatic carbocycles. The van der Waals surface area contributed by atoms with Gasteiger partial charge in [0.2, 0.25) is 5.91 Å². The molecule has 5 nitrogen and oxygen atoms in total. The second kappa shape index (κ2) is 7.42. The molecule has 0 radical (unpaired) electrons. The molecular formula is C19H21N3O2S2. The Bertz CT molecular complexity index is 836. The third-order valence-corrected chi connectivity index (χ3v) is 6.85. The van der Waals surface area contributed by atoms with Gasteiger partial charge in [-0.05, 0) is 43.5 Å². The van der Waals surface area contributed by atoms with E-state index in [0.717, 1.165) is 33.2 Å². The summed E-state index contributed by atoms with van der Waals surface area (Å²) >= 11 is 3.06. The van der Waals surface area contributed by atoms with Crippen LogP contribution in [0.25, 0.3) is 0 Å². The van der Waals surface area contributed by atoms with E-state index in [1.807, 2.05) is 35.7 Å².